The molecular weight excluding hydrogens is 286 g/mol. The van der Waals surface area contributed by atoms with Gasteiger partial charge in [0.2, 0.25) is 15.9 Å². The molecule has 9 heteroatoms. The Labute approximate surface area is 116 Å². The van der Waals surface area contributed by atoms with Crippen molar-refractivity contribution in [1.29, 1.82) is 0 Å². The Kier molecular flexibility index (Phi) is 4.79. The summed E-state index contributed by atoms with van der Waals surface area (Å²) in [5.41, 5.74) is 0.0373. The van der Waals surface area contributed by atoms with Crippen LogP contribution in [0.2, 0.25) is 0 Å². The number of nitro groups is 1. The molecule has 1 aromatic rings. The molecule has 1 aromatic carbocycles. The molecule has 0 radical (unpaired) electrons. The minimum atomic E-state index is -3.98. The zero-order chi connectivity index (χ0) is 15.5. The van der Waals surface area contributed by atoms with Gasteiger partial charge in [-0.2, -0.15) is 0 Å². The number of nitrogens with zero attached hydrogens (tertiary/aromatic N) is 2. The number of nitrogens with one attached hydrogen (secondary N) is 1. The van der Waals surface area contributed by atoms with E-state index in [1.807, 2.05) is 0 Å². The maximum Gasteiger partial charge on any atom is 0.270 e. The van der Waals surface area contributed by atoms with E-state index in [9.17, 15) is 23.3 Å². The summed E-state index contributed by atoms with van der Waals surface area (Å²) in [5.74, 6) is -0.420. The van der Waals surface area contributed by atoms with Crippen molar-refractivity contribution in [3.63, 3.8) is 0 Å². The molecule has 0 fully saturated rings. The molecule has 110 valence electrons. The van der Waals surface area contributed by atoms with E-state index < -0.39 is 27.4 Å². The number of rotatable bonds is 5. The van der Waals surface area contributed by atoms with Crippen molar-refractivity contribution in [2.24, 2.45) is 0 Å². The Bertz CT molecular complexity index is 639. The predicted molar refractivity (Wildman–Crippen MR) is 71.7 cm³/mol. The van der Waals surface area contributed by atoms with E-state index in [1.165, 1.54) is 38.1 Å². The van der Waals surface area contributed by atoms with Crippen molar-refractivity contribution in [3.05, 3.63) is 33.9 Å². The van der Waals surface area contributed by atoms with E-state index in [-0.39, 0.29) is 10.6 Å². The third kappa shape index (κ3) is 3.75. The van der Waals surface area contributed by atoms with E-state index in [0.29, 0.717) is 5.56 Å². The van der Waals surface area contributed by atoms with Crippen LogP contribution >= 0.6 is 0 Å². The van der Waals surface area contributed by atoms with Gasteiger partial charge in [-0.15, -0.1) is 0 Å². The monoisotopic (exact) mass is 301 g/mol. The van der Waals surface area contributed by atoms with Crippen LogP contribution in [-0.2, 0) is 14.8 Å². The fourth-order valence-corrected chi connectivity index (χ4v) is 2.62. The molecule has 0 aliphatic carbocycles. The summed E-state index contributed by atoms with van der Waals surface area (Å²) in [6.07, 6.45) is 0. The molecule has 0 aromatic heterocycles. The van der Waals surface area contributed by atoms with Crippen LogP contribution < -0.4 is 4.72 Å². The standard InChI is InChI=1S/C11H15N3O5S/c1-8-4-5-9(14(16)17)6-10(8)20(18,19)12-7-11(15)13(2)3/h4-6,12H,7H2,1-3H3. The molecule has 0 saturated heterocycles. The summed E-state index contributed by atoms with van der Waals surface area (Å²) in [5, 5.41) is 10.7. The van der Waals surface area contributed by atoms with E-state index in [2.05, 4.69) is 4.72 Å². The fourth-order valence-electron chi connectivity index (χ4n) is 1.38. The Hall–Kier alpha value is -2.00. The number of non-ortho nitro benzene ring substituents is 1. The minimum absolute atomic E-state index is 0.210. The topological polar surface area (TPSA) is 110 Å². The van der Waals surface area contributed by atoms with Crippen LogP contribution in [0.15, 0.2) is 23.1 Å². The van der Waals surface area contributed by atoms with Crippen LogP contribution in [0, 0.1) is 17.0 Å². The Balaban J connectivity index is 3.06. The Morgan fingerprint density at radius 1 is 1.40 bits per heavy atom. The van der Waals surface area contributed by atoms with E-state index in [1.54, 1.807) is 0 Å². The molecule has 1 N–H and O–H groups in total. The smallest absolute Gasteiger partial charge is 0.270 e. The predicted octanol–water partition coefficient (Wildman–Crippen LogP) is 0.270. The normalized spacial score (nSPS) is 11.2. The van der Waals surface area contributed by atoms with Crippen molar-refractivity contribution in [1.82, 2.24) is 9.62 Å². The lowest BCUT2D eigenvalue weighted by Gasteiger charge is -2.12. The molecule has 0 bridgehead atoms. The number of hydrogen-bond acceptors (Lipinski definition) is 5. The van der Waals surface area contributed by atoms with Gasteiger partial charge in [0.1, 0.15) is 0 Å². The summed E-state index contributed by atoms with van der Waals surface area (Å²) in [6, 6.07) is 3.54. The largest absolute Gasteiger partial charge is 0.348 e. The zero-order valence-electron chi connectivity index (χ0n) is 11.3. The van der Waals surface area contributed by atoms with Gasteiger partial charge >= 0.3 is 0 Å². The lowest BCUT2D eigenvalue weighted by molar-refractivity contribution is -0.385. The Morgan fingerprint density at radius 2 is 2.00 bits per heavy atom. The summed E-state index contributed by atoms with van der Waals surface area (Å²) in [4.78, 5) is 22.4. The van der Waals surface area contributed by atoms with Gasteiger partial charge in [0, 0.05) is 26.2 Å². The zero-order valence-corrected chi connectivity index (χ0v) is 12.1. The molecule has 20 heavy (non-hydrogen) atoms. The Morgan fingerprint density at radius 3 is 2.50 bits per heavy atom. The number of nitro benzene ring substituents is 1. The number of aryl methyl sites for hydroxylation is 1. The molecular formula is C11H15N3O5S. The lowest BCUT2D eigenvalue weighted by Crippen LogP contribution is -2.36. The molecule has 0 spiro atoms. The second-order valence-corrected chi connectivity index (χ2v) is 6.06. The van der Waals surface area contributed by atoms with Crippen LogP contribution in [0.1, 0.15) is 5.56 Å². The molecule has 0 saturated carbocycles. The van der Waals surface area contributed by atoms with Crippen molar-refractivity contribution < 1.29 is 18.1 Å². The van der Waals surface area contributed by atoms with Crippen molar-refractivity contribution in [2.45, 2.75) is 11.8 Å². The summed E-state index contributed by atoms with van der Waals surface area (Å²) in [6.45, 7) is 1.11. The van der Waals surface area contributed by atoms with Gasteiger partial charge in [-0.1, -0.05) is 6.07 Å². The first-order valence-electron chi connectivity index (χ1n) is 5.60. The quantitative estimate of drug-likeness (QED) is 0.620. The fraction of sp³-hybridized carbons (Fsp3) is 0.364. The van der Waals surface area contributed by atoms with Crippen molar-refractivity contribution >= 4 is 21.6 Å². The lowest BCUT2D eigenvalue weighted by atomic mass is 10.2. The first-order chi connectivity index (χ1) is 9.15. The molecule has 0 atom stereocenters. The van der Waals surface area contributed by atoms with Crippen LogP contribution in [-0.4, -0.2) is 44.8 Å². The molecule has 8 nitrogen and oxygen atoms in total. The minimum Gasteiger partial charge on any atom is -0.348 e. The van der Waals surface area contributed by atoms with Crippen LogP contribution in [0.5, 0.6) is 0 Å². The highest BCUT2D eigenvalue weighted by molar-refractivity contribution is 7.89. The van der Waals surface area contributed by atoms with Crippen LogP contribution in [0.25, 0.3) is 0 Å². The highest BCUT2D eigenvalue weighted by Gasteiger charge is 2.21. The summed E-state index contributed by atoms with van der Waals surface area (Å²) in [7, 11) is -0.987. The van der Waals surface area contributed by atoms with Gasteiger partial charge in [0.25, 0.3) is 5.69 Å². The maximum atomic E-state index is 12.1. The van der Waals surface area contributed by atoms with Crippen molar-refractivity contribution in [2.75, 3.05) is 20.6 Å². The molecule has 1 amide bonds. The number of amides is 1. The van der Waals surface area contributed by atoms with E-state index >= 15 is 0 Å². The number of sulfonamides is 1. The third-order valence-electron chi connectivity index (χ3n) is 2.58. The van der Waals surface area contributed by atoms with Gasteiger partial charge in [-0.25, -0.2) is 13.1 Å². The average Bonchev–Trinajstić information content (AvgIpc) is 2.35. The molecule has 1 rings (SSSR count). The second-order valence-electron chi connectivity index (χ2n) is 4.32. The third-order valence-corrected chi connectivity index (χ3v) is 4.13. The summed E-state index contributed by atoms with van der Waals surface area (Å²) >= 11 is 0. The summed E-state index contributed by atoms with van der Waals surface area (Å²) < 4.78 is 26.2. The number of carbonyl (C=O) groups excluding carboxylic acids is 1. The van der Waals surface area contributed by atoms with E-state index in [4.69, 9.17) is 0 Å². The number of likely N-dealkylation sites (N-methyl/N-ethyl adjacent to an activating group) is 1. The average molecular weight is 301 g/mol. The first kappa shape index (κ1) is 16.1. The van der Waals surface area contributed by atoms with Gasteiger partial charge in [0.05, 0.1) is 16.4 Å². The molecule has 0 aliphatic heterocycles. The SMILES string of the molecule is Cc1ccc([N+](=O)[O-])cc1S(=O)(=O)NCC(=O)N(C)C. The van der Waals surface area contributed by atoms with Gasteiger partial charge in [-0.3, -0.25) is 14.9 Å². The van der Waals surface area contributed by atoms with Gasteiger partial charge in [-0.05, 0) is 12.5 Å². The number of carbonyl (C=O) groups is 1. The highest BCUT2D eigenvalue weighted by atomic mass is 32.2. The van der Waals surface area contributed by atoms with Gasteiger partial charge in [0.15, 0.2) is 0 Å². The van der Waals surface area contributed by atoms with Crippen molar-refractivity contribution in [3.8, 4) is 0 Å². The maximum absolute atomic E-state index is 12.1. The molecule has 0 unspecified atom stereocenters. The molecule has 0 aliphatic rings. The highest BCUT2D eigenvalue weighted by Crippen LogP contribution is 2.21. The first-order valence-corrected chi connectivity index (χ1v) is 7.08. The number of hydrogen-bond donors (Lipinski definition) is 1. The molecule has 0 heterocycles. The second kappa shape index (κ2) is 5.97. The van der Waals surface area contributed by atoms with Crippen LogP contribution in [0.3, 0.4) is 0 Å². The van der Waals surface area contributed by atoms with Crippen LogP contribution in [0.4, 0.5) is 5.69 Å². The van der Waals surface area contributed by atoms with Gasteiger partial charge < -0.3 is 4.90 Å². The van der Waals surface area contributed by atoms with E-state index in [0.717, 1.165) is 6.07 Å². The number of benzene rings is 1.